The van der Waals surface area contributed by atoms with Crippen molar-refractivity contribution in [1.82, 2.24) is 19.3 Å². The van der Waals surface area contributed by atoms with E-state index >= 15 is 0 Å². The van der Waals surface area contributed by atoms with Crippen LogP contribution in [0.15, 0.2) is 17.3 Å². The number of rotatable bonds is 5. The van der Waals surface area contributed by atoms with Gasteiger partial charge in [-0.05, 0) is 12.5 Å². The van der Waals surface area contributed by atoms with Crippen LogP contribution in [-0.2, 0) is 36.5 Å². The van der Waals surface area contributed by atoms with Gasteiger partial charge in [0, 0.05) is 19.7 Å². The molecule has 20 heavy (non-hydrogen) atoms. The highest BCUT2D eigenvalue weighted by molar-refractivity contribution is 7.89. The average Bonchev–Trinajstić information content (AvgIpc) is 2.93. The van der Waals surface area contributed by atoms with E-state index in [0.717, 1.165) is 17.8 Å². The van der Waals surface area contributed by atoms with Crippen molar-refractivity contribution in [3.8, 4) is 0 Å². The van der Waals surface area contributed by atoms with E-state index in [1.807, 2.05) is 27.0 Å². The first kappa shape index (κ1) is 14.7. The topological polar surface area (TPSA) is 95.8 Å². The Morgan fingerprint density at radius 2 is 2.00 bits per heavy atom. The second-order valence-electron chi connectivity index (χ2n) is 4.63. The molecule has 7 nitrogen and oxygen atoms in total. The molecular formula is C12H19N5O2S. The third kappa shape index (κ3) is 2.91. The number of aryl methyl sites for hydroxylation is 3. The molecule has 0 atom stereocenters. The Morgan fingerprint density at radius 1 is 1.30 bits per heavy atom. The molecule has 2 aromatic rings. The van der Waals surface area contributed by atoms with Gasteiger partial charge in [0.1, 0.15) is 5.82 Å². The molecule has 0 unspecified atom stereocenters. The summed E-state index contributed by atoms with van der Waals surface area (Å²) in [6, 6.07) is 2.01. The average molecular weight is 297 g/mol. The molecule has 0 aliphatic heterocycles. The molecule has 0 aliphatic carbocycles. The molecule has 2 aromatic heterocycles. The Balaban J connectivity index is 2.37. The largest absolute Gasteiger partial charge is 0.328 e. The first-order valence-electron chi connectivity index (χ1n) is 6.45. The summed E-state index contributed by atoms with van der Waals surface area (Å²) >= 11 is 0. The van der Waals surface area contributed by atoms with Gasteiger partial charge in [0.05, 0.1) is 17.9 Å². The maximum atomic E-state index is 11.4. The van der Waals surface area contributed by atoms with Crippen molar-refractivity contribution < 1.29 is 8.42 Å². The minimum Gasteiger partial charge on any atom is -0.328 e. The van der Waals surface area contributed by atoms with E-state index in [-0.39, 0.29) is 5.03 Å². The molecule has 0 bridgehead atoms. The zero-order valence-electron chi connectivity index (χ0n) is 11.9. The van der Waals surface area contributed by atoms with Gasteiger partial charge in [0.15, 0.2) is 5.03 Å². The Kier molecular flexibility index (Phi) is 3.96. The van der Waals surface area contributed by atoms with Crippen molar-refractivity contribution in [2.75, 3.05) is 0 Å². The molecule has 0 saturated heterocycles. The Labute approximate surface area is 118 Å². The number of aromatic nitrogens is 4. The van der Waals surface area contributed by atoms with Gasteiger partial charge in [-0.15, -0.1) is 0 Å². The monoisotopic (exact) mass is 297 g/mol. The first-order valence-corrected chi connectivity index (χ1v) is 8.00. The van der Waals surface area contributed by atoms with Gasteiger partial charge in [-0.3, -0.25) is 4.68 Å². The molecule has 2 rings (SSSR count). The molecule has 2 N–H and O–H groups in total. The van der Waals surface area contributed by atoms with E-state index in [1.165, 1.54) is 6.20 Å². The maximum absolute atomic E-state index is 11.4. The van der Waals surface area contributed by atoms with Crippen LogP contribution in [0.4, 0.5) is 0 Å². The lowest BCUT2D eigenvalue weighted by Gasteiger charge is -2.06. The van der Waals surface area contributed by atoms with Gasteiger partial charge in [-0.2, -0.15) is 5.10 Å². The first-order chi connectivity index (χ1) is 9.35. The lowest BCUT2D eigenvalue weighted by molar-refractivity contribution is 0.594. The molecule has 0 aliphatic rings. The van der Waals surface area contributed by atoms with Crippen molar-refractivity contribution in [3.63, 3.8) is 0 Å². The number of sulfonamides is 1. The van der Waals surface area contributed by atoms with Crippen LogP contribution in [0.3, 0.4) is 0 Å². The summed E-state index contributed by atoms with van der Waals surface area (Å²) in [5, 5.41) is 9.41. The summed E-state index contributed by atoms with van der Waals surface area (Å²) in [5.41, 5.74) is 2.00. The van der Waals surface area contributed by atoms with Crippen LogP contribution in [-0.4, -0.2) is 27.7 Å². The molecule has 8 heteroatoms. The summed E-state index contributed by atoms with van der Waals surface area (Å²) in [6.45, 7) is 4.49. The number of hydrogen-bond acceptors (Lipinski definition) is 4. The Hall–Kier alpha value is -1.67. The van der Waals surface area contributed by atoms with Crippen LogP contribution in [0, 0.1) is 0 Å². The molecule has 0 saturated carbocycles. The van der Waals surface area contributed by atoms with Crippen LogP contribution >= 0.6 is 0 Å². The summed E-state index contributed by atoms with van der Waals surface area (Å²) in [5.74, 6) is 0.688. The summed E-state index contributed by atoms with van der Waals surface area (Å²) in [7, 11) is -1.90. The minimum atomic E-state index is -3.77. The van der Waals surface area contributed by atoms with E-state index in [9.17, 15) is 8.42 Å². The van der Waals surface area contributed by atoms with Crippen molar-refractivity contribution in [1.29, 1.82) is 0 Å². The number of primary sulfonamides is 1. The van der Waals surface area contributed by atoms with E-state index in [0.29, 0.717) is 18.8 Å². The van der Waals surface area contributed by atoms with Gasteiger partial charge in [-0.1, -0.05) is 13.8 Å². The van der Waals surface area contributed by atoms with Gasteiger partial charge in [0.25, 0.3) is 10.0 Å². The van der Waals surface area contributed by atoms with Crippen molar-refractivity contribution >= 4 is 10.0 Å². The normalized spacial score (nSPS) is 12.0. The lowest BCUT2D eigenvalue weighted by atomic mass is 10.3. The second-order valence-corrected chi connectivity index (χ2v) is 6.13. The Bertz CT molecular complexity index is 714. The lowest BCUT2D eigenvalue weighted by Crippen LogP contribution is -2.12. The van der Waals surface area contributed by atoms with Crippen LogP contribution < -0.4 is 5.14 Å². The highest BCUT2D eigenvalue weighted by Gasteiger charge is 2.16. The fraction of sp³-hybridized carbons (Fsp3) is 0.500. The maximum Gasteiger partial charge on any atom is 0.257 e. The summed E-state index contributed by atoms with van der Waals surface area (Å²) in [6.07, 6.45) is 2.97. The van der Waals surface area contributed by atoms with E-state index in [4.69, 9.17) is 5.14 Å². The predicted octanol–water partition coefficient (Wildman–Crippen LogP) is 0.437. The predicted molar refractivity (Wildman–Crippen MR) is 74.7 cm³/mol. The van der Waals surface area contributed by atoms with Crippen LogP contribution in [0.25, 0.3) is 0 Å². The highest BCUT2D eigenvalue weighted by atomic mass is 32.2. The van der Waals surface area contributed by atoms with Gasteiger partial charge >= 0.3 is 0 Å². The van der Waals surface area contributed by atoms with E-state index < -0.39 is 10.0 Å². The Morgan fingerprint density at radius 3 is 2.50 bits per heavy atom. The van der Waals surface area contributed by atoms with Crippen molar-refractivity contribution in [3.05, 3.63) is 29.5 Å². The number of imidazole rings is 1. The summed E-state index contributed by atoms with van der Waals surface area (Å²) in [4.78, 5) is 4.07. The van der Waals surface area contributed by atoms with Crippen LogP contribution in [0.1, 0.15) is 31.1 Å². The van der Waals surface area contributed by atoms with Gasteiger partial charge in [-0.25, -0.2) is 18.5 Å². The molecule has 0 spiro atoms. The van der Waals surface area contributed by atoms with E-state index in [2.05, 4.69) is 10.1 Å². The third-order valence-corrected chi connectivity index (χ3v) is 3.95. The summed E-state index contributed by atoms with van der Waals surface area (Å²) < 4.78 is 26.3. The van der Waals surface area contributed by atoms with Crippen molar-refractivity contribution in [2.24, 2.45) is 12.2 Å². The minimum absolute atomic E-state index is 0.0905. The standard InChI is InChI=1S/C12H19N5O2S/c1-4-9-6-10(16(3)15-9)7-17-8-12(20(13,18)19)14-11(17)5-2/h6,8H,4-5,7H2,1-3H3,(H2,13,18,19). The molecule has 0 fully saturated rings. The molecule has 0 radical (unpaired) electrons. The zero-order chi connectivity index (χ0) is 14.9. The smallest absolute Gasteiger partial charge is 0.257 e. The zero-order valence-corrected chi connectivity index (χ0v) is 12.7. The molecule has 0 aromatic carbocycles. The fourth-order valence-corrected chi connectivity index (χ4v) is 2.56. The molecular weight excluding hydrogens is 278 g/mol. The number of nitrogens with zero attached hydrogens (tertiary/aromatic N) is 4. The van der Waals surface area contributed by atoms with Crippen LogP contribution in [0.5, 0.6) is 0 Å². The third-order valence-electron chi connectivity index (χ3n) is 3.17. The quantitative estimate of drug-likeness (QED) is 0.866. The molecule has 0 amide bonds. The van der Waals surface area contributed by atoms with Gasteiger partial charge in [0.2, 0.25) is 0 Å². The van der Waals surface area contributed by atoms with Crippen LogP contribution in [0.2, 0.25) is 0 Å². The second kappa shape index (κ2) is 5.37. The van der Waals surface area contributed by atoms with Gasteiger partial charge < -0.3 is 4.57 Å². The van der Waals surface area contributed by atoms with E-state index in [1.54, 1.807) is 9.25 Å². The number of nitrogens with two attached hydrogens (primary N) is 1. The molecule has 2 heterocycles. The number of hydrogen-bond donors (Lipinski definition) is 1. The highest BCUT2D eigenvalue weighted by Crippen LogP contribution is 2.12. The SMILES string of the molecule is CCc1cc(Cn2cc(S(N)(=O)=O)nc2CC)n(C)n1. The van der Waals surface area contributed by atoms with Crippen molar-refractivity contribution in [2.45, 2.75) is 38.3 Å². The fourth-order valence-electron chi connectivity index (χ4n) is 2.05. The molecule has 110 valence electrons.